The average Bonchev–Trinajstić information content (AvgIpc) is 2.20. The van der Waals surface area contributed by atoms with Crippen LogP contribution < -0.4 is 0 Å². The highest BCUT2D eigenvalue weighted by Crippen LogP contribution is 2.25. The number of hydrogen-bond acceptors (Lipinski definition) is 4. The SMILES string of the molecule is O=C(O)[C@H](O)c1cc([N+](=O)[O-])cc(F)c1F. The Labute approximate surface area is 86.9 Å². The van der Waals surface area contributed by atoms with E-state index in [1.165, 1.54) is 0 Å². The Bertz CT molecular complexity index is 462. The van der Waals surface area contributed by atoms with Crippen LogP contribution in [0.5, 0.6) is 0 Å². The smallest absolute Gasteiger partial charge is 0.337 e. The molecular formula is C8H5F2NO5. The van der Waals surface area contributed by atoms with Crippen molar-refractivity contribution in [1.29, 1.82) is 0 Å². The van der Waals surface area contributed by atoms with Gasteiger partial charge in [0.25, 0.3) is 5.69 Å². The zero-order valence-corrected chi connectivity index (χ0v) is 7.55. The van der Waals surface area contributed by atoms with Crippen molar-refractivity contribution >= 4 is 11.7 Å². The highest BCUT2D eigenvalue weighted by Gasteiger charge is 2.25. The normalized spacial score (nSPS) is 12.2. The summed E-state index contributed by atoms with van der Waals surface area (Å²) in [5, 5.41) is 27.6. The van der Waals surface area contributed by atoms with E-state index in [0.29, 0.717) is 12.1 Å². The number of aliphatic carboxylic acids is 1. The number of nitro groups is 1. The van der Waals surface area contributed by atoms with Gasteiger partial charge in [0.1, 0.15) is 0 Å². The van der Waals surface area contributed by atoms with Crippen LogP contribution in [0.3, 0.4) is 0 Å². The standard InChI is InChI=1S/C8H5F2NO5/c9-5-2-3(11(15)16)1-4(6(5)10)7(12)8(13)14/h1-2,7,12H,(H,13,14)/t7-/m1/s1. The molecule has 86 valence electrons. The van der Waals surface area contributed by atoms with Gasteiger partial charge in [-0.25, -0.2) is 13.6 Å². The number of non-ortho nitro benzene ring substituents is 1. The van der Waals surface area contributed by atoms with Crippen LogP contribution in [0.15, 0.2) is 12.1 Å². The Morgan fingerprint density at radius 1 is 1.44 bits per heavy atom. The summed E-state index contributed by atoms with van der Waals surface area (Å²) >= 11 is 0. The van der Waals surface area contributed by atoms with E-state index in [9.17, 15) is 23.7 Å². The molecule has 0 aromatic heterocycles. The Balaban J connectivity index is 3.37. The molecule has 0 amide bonds. The van der Waals surface area contributed by atoms with Gasteiger partial charge in [-0.05, 0) is 0 Å². The zero-order chi connectivity index (χ0) is 12.5. The van der Waals surface area contributed by atoms with Gasteiger partial charge in [0.05, 0.1) is 11.0 Å². The van der Waals surface area contributed by atoms with Gasteiger partial charge in [-0.15, -0.1) is 0 Å². The van der Waals surface area contributed by atoms with E-state index < -0.39 is 39.9 Å². The van der Waals surface area contributed by atoms with Crippen molar-refractivity contribution in [3.05, 3.63) is 39.4 Å². The summed E-state index contributed by atoms with van der Waals surface area (Å²) in [5.74, 6) is -5.05. The van der Waals surface area contributed by atoms with Crippen LogP contribution in [-0.2, 0) is 4.79 Å². The van der Waals surface area contributed by atoms with Crippen molar-refractivity contribution in [3.63, 3.8) is 0 Å². The van der Waals surface area contributed by atoms with Crippen molar-refractivity contribution in [2.24, 2.45) is 0 Å². The molecule has 0 saturated carbocycles. The first kappa shape index (κ1) is 12.0. The molecule has 0 spiro atoms. The summed E-state index contributed by atoms with van der Waals surface area (Å²) in [6.45, 7) is 0. The summed E-state index contributed by atoms with van der Waals surface area (Å²) in [6.07, 6.45) is -2.35. The van der Waals surface area contributed by atoms with E-state index in [-0.39, 0.29) is 0 Å². The van der Waals surface area contributed by atoms with Gasteiger partial charge in [-0.2, -0.15) is 0 Å². The van der Waals surface area contributed by atoms with Gasteiger partial charge in [0.15, 0.2) is 17.7 Å². The molecule has 1 aromatic rings. The molecule has 0 heterocycles. The molecule has 0 aliphatic heterocycles. The topological polar surface area (TPSA) is 101 Å². The quantitative estimate of drug-likeness (QED) is 0.598. The molecule has 0 aliphatic rings. The van der Waals surface area contributed by atoms with Gasteiger partial charge in [0, 0.05) is 11.6 Å². The van der Waals surface area contributed by atoms with E-state index in [2.05, 4.69) is 0 Å². The first-order valence-electron chi connectivity index (χ1n) is 3.88. The van der Waals surface area contributed by atoms with Gasteiger partial charge in [0.2, 0.25) is 0 Å². The molecule has 0 radical (unpaired) electrons. The first-order valence-corrected chi connectivity index (χ1v) is 3.88. The van der Waals surface area contributed by atoms with Gasteiger partial charge in [-0.1, -0.05) is 0 Å². The molecule has 0 fully saturated rings. The van der Waals surface area contributed by atoms with E-state index in [0.717, 1.165) is 0 Å². The molecule has 0 saturated heterocycles. The van der Waals surface area contributed by atoms with E-state index in [4.69, 9.17) is 10.2 Å². The Morgan fingerprint density at radius 3 is 2.44 bits per heavy atom. The zero-order valence-electron chi connectivity index (χ0n) is 7.55. The fourth-order valence-electron chi connectivity index (χ4n) is 1.03. The maximum absolute atomic E-state index is 13.0. The van der Waals surface area contributed by atoms with Crippen molar-refractivity contribution in [1.82, 2.24) is 0 Å². The molecule has 0 bridgehead atoms. The van der Waals surface area contributed by atoms with Crippen LogP contribution >= 0.6 is 0 Å². The van der Waals surface area contributed by atoms with E-state index >= 15 is 0 Å². The van der Waals surface area contributed by atoms with Crippen molar-refractivity contribution in [2.75, 3.05) is 0 Å². The second-order valence-electron chi connectivity index (χ2n) is 2.83. The fourth-order valence-corrected chi connectivity index (χ4v) is 1.03. The number of benzene rings is 1. The minimum Gasteiger partial charge on any atom is -0.479 e. The Morgan fingerprint density at radius 2 is 2.00 bits per heavy atom. The van der Waals surface area contributed by atoms with Crippen molar-refractivity contribution in [3.8, 4) is 0 Å². The Kier molecular flexibility index (Phi) is 3.14. The molecule has 16 heavy (non-hydrogen) atoms. The molecule has 1 atom stereocenters. The molecule has 6 nitrogen and oxygen atoms in total. The number of carboxylic acids is 1. The third-order valence-corrected chi connectivity index (χ3v) is 1.78. The molecule has 0 aliphatic carbocycles. The first-order chi connectivity index (χ1) is 7.34. The molecular weight excluding hydrogens is 228 g/mol. The molecule has 8 heteroatoms. The summed E-state index contributed by atoms with van der Waals surface area (Å²) in [7, 11) is 0. The largest absolute Gasteiger partial charge is 0.479 e. The number of aliphatic hydroxyl groups is 1. The minimum atomic E-state index is -2.35. The number of nitrogens with zero attached hydrogens (tertiary/aromatic N) is 1. The lowest BCUT2D eigenvalue weighted by Gasteiger charge is -2.07. The number of carboxylic acid groups (broad SMARTS) is 1. The molecule has 0 unspecified atom stereocenters. The fraction of sp³-hybridized carbons (Fsp3) is 0.125. The van der Waals surface area contributed by atoms with Gasteiger partial charge < -0.3 is 10.2 Å². The molecule has 1 aromatic carbocycles. The minimum absolute atomic E-state index is 0.299. The summed E-state index contributed by atoms with van der Waals surface area (Å²) < 4.78 is 25.9. The summed E-state index contributed by atoms with van der Waals surface area (Å²) in [4.78, 5) is 19.6. The van der Waals surface area contributed by atoms with Crippen LogP contribution in [0.4, 0.5) is 14.5 Å². The number of nitro benzene ring substituents is 1. The molecule has 2 N–H and O–H groups in total. The number of hydrogen-bond donors (Lipinski definition) is 2. The maximum Gasteiger partial charge on any atom is 0.337 e. The molecule has 1 rings (SSSR count). The second kappa shape index (κ2) is 4.19. The van der Waals surface area contributed by atoms with Crippen LogP contribution in [0, 0.1) is 21.7 Å². The monoisotopic (exact) mass is 233 g/mol. The van der Waals surface area contributed by atoms with E-state index in [1.807, 2.05) is 0 Å². The van der Waals surface area contributed by atoms with Crippen LogP contribution in [0.1, 0.15) is 11.7 Å². The van der Waals surface area contributed by atoms with Crippen LogP contribution in [0.2, 0.25) is 0 Å². The second-order valence-corrected chi connectivity index (χ2v) is 2.83. The number of rotatable bonds is 3. The highest BCUT2D eigenvalue weighted by molar-refractivity contribution is 5.74. The third kappa shape index (κ3) is 2.11. The number of carbonyl (C=O) groups is 1. The van der Waals surface area contributed by atoms with Gasteiger partial charge in [-0.3, -0.25) is 10.1 Å². The summed E-state index contributed by atoms with van der Waals surface area (Å²) in [5.41, 5.74) is -1.83. The van der Waals surface area contributed by atoms with Crippen LogP contribution in [0.25, 0.3) is 0 Å². The predicted molar refractivity (Wildman–Crippen MR) is 45.6 cm³/mol. The van der Waals surface area contributed by atoms with Crippen molar-refractivity contribution < 1.29 is 28.7 Å². The van der Waals surface area contributed by atoms with Crippen molar-refractivity contribution in [2.45, 2.75) is 6.10 Å². The predicted octanol–water partition coefficient (Wildman–Crippen LogP) is 0.991. The van der Waals surface area contributed by atoms with E-state index in [1.54, 1.807) is 0 Å². The summed E-state index contributed by atoms with van der Waals surface area (Å²) in [6, 6.07) is 0.768. The van der Waals surface area contributed by atoms with Gasteiger partial charge >= 0.3 is 5.97 Å². The highest BCUT2D eigenvalue weighted by atomic mass is 19.2. The lowest BCUT2D eigenvalue weighted by Crippen LogP contribution is -2.13. The third-order valence-electron chi connectivity index (χ3n) is 1.78. The lowest BCUT2D eigenvalue weighted by molar-refractivity contribution is -0.385. The maximum atomic E-state index is 13.0. The lowest BCUT2D eigenvalue weighted by atomic mass is 10.1. The van der Waals surface area contributed by atoms with Crippen LogP contribution in [-0.4, -0.2) is 21.1 Å². The number of aliphatic hydroxyl groups excluding tert-OH is 1. The average molecular weight is 233 g/mol. The number of halogens is 2. The Hall–Kier alpha value is -2.09.